The topological polar surface area (TPSA) is 64.5 Å². The highest BCUT2D eigenvalue weighted by atomic mass is 32.1. The van der Waals surface area contributed by atoms with Gasteiger partial charge in [-0.3, -0.25) is 4.90 Å². The number of morpholine rings is 1. The van der Waals surface area contributed by atoms with E-state index >= 15 is 0 Å². The maximum atomic E-state index is 5.39. The van der Waals surface area contributed by atoms with E-state index in [0.29, 0.717) is 0 Å². The Morgan fingerprint density at radius 1 is 1.43 bits per heavy atom. The zero-order valence-electron chi connectivity index (χ0n) is 8.32. The summed E-state index contributed by atoms with van der Waals surface area (Å²) in [6.45, 7) is 5.90. The van der Waals surface area contributed by atoms with E-state index in [9.17, 15) is 0 Å². The highest BCUT2D eigenvalue weighted by molar-refractivity contribution is 8.10. The maximum absolute atomic E-state index is 5.39. The molecule has 1 aliphatic rings. The highest BCUT2D eigenvalue weighted by Crippen LogP contribution is 1.96. The molecule has 84 valence electrons. The lowest BCUT2D eigenvalue weighted by molar-refractivity contribution is 0.0377. The Morgan fingerprint density at radius 2 is 1.93 bits per heavy atom. The predicted octanol–water partition coefficient (Wildman–Crippen LogP) is -0.173. The molecule has 0 unspecified atom stereocenters. The maximum Gasteiger partial charge on any atom is 0.128 e. The van der Waals surface area contributed by atoms with Crippen LogP contribution in [0, 0.1) is 0 Å². The Labute approximate surface area is 96.4 Å². The van der Waals surface area contributed by atoms with Gasteiger partial charge in [-0.25, -0.2) is 0 Å². The summed E-state index contributed by atoms with van der Waals surface area (Å²) in [5, 5.41) is 0. The lowest BCUT2D eigenvalue weighted by atomic mass is 10.3. The first-order chi connectivity index (χ1) is 6.66. The lowest BCUT2D eigenvalue weighted by Gasteiger charge is -2.26. The number of hydrogen-bond donors (Lipinski definition) is 3. The smallest absolute Gasteiger partial charge is 0.128 e. The van der Waals surface area contributed by atoms with Gasteiger partial charge in [0.25, 0.3) is 0 Å². The van der Waals surface area contributed by atoms with Crippen molar-refractivity contribution in [2.24, 2.45) is 11.5 Å². The Kier molecular flexibility index (Phi) is 9.75. The second-order valence-electron chi connectivity index (χ2n) is 2.93. The molecule has 1 rings (SSSR count). The number of hydrogen-bond acceptors (Lipinski definition) is 4. The normalized spacial score (nSPS) is 17.0. The van der Waals surface area contributed by atoms with Crippen molar-refractivity contribution in [1.29, 1.82) is 0 Å². The highest BCUT2D eigenvalue weighted by Gasteiger charge is 2.07. The van der Waals surface area contributed by atoms with Crippen molar-refractivity contribution in [3.63, 3.8) is 0 Å². The number of nitrogens with two attached hydrogens (primary N) is 2. The fourth-order valence-electron chi connectivity index (χ4n) is 1.14. The molecular weight excluding hydrogens is 218 g/mol. The van der Waals surface area contributed by atoms with Crippen LogP contribution in [-0.2, 0) is 4.74 Å². The lowest BCUT2D eigenvalue weighted by Crippen LogP contribution is -2.37. The first kappa shape index (κ1) is 14.1. The quantitative estimate of drug-likeness (QED) is 0.470. The fraction of sp³-hybridized carbons (Fsp3) is 0.875. The largest absolute Gasteiger partial charge is 0.385 e. The molecule has 4 nitrogen and oxygen atoms in total. The molecule has 1 saturated heterocycles. The molecule has 1 heterocycles. The van der Waals surface area contributed by atoms with Crippen molar-refractivity contribution in [3.05, 3.63) is 0 Å². The zero-order valence-corrected chi connectivity index (χ0v) is 10.0. The summed E-state index contributed by atoms with van der Waals surface area (Å²) in [6.07, 6.45) is 1.11. The van der Waals surface area contributed by atoms with Gasteiger partial charge in [0, 0.05) is 13.1 Å². The molecule has 0 aromatic heterocycles. The Morgan fingerprint density at radius 3 is 2.36 bits per heavy atom. The van der Waals surface area contributed by atoms with Gasteiger partial charge in [0.1, 0.15) is 4.32 Å². The van der Waals surface area contributed by atoms with Crippen LogP contribution in [0.1, 0.15) is 6.42 Å². The van der Waals surface area contributed by atoms with Crippen LogP contribution >= 0.6 is 24.8 Å². The van der Waals surface area contributed by atoms with Gasteiger partial charge >= 0.3 is 0 Å². The summed E-state index contributed by atoms with van der Waals surface area (Å²) in [5.74, 6) is 0. The van der Waals surface area contributed by atoms with Gasteiger partial charge in [0.05, 0.1) is 13.2 Å². The minimum absolute atomic E-state index is 0.194. The van der Waals surface area contributed by atoms with Crippen LogP contribution in [0.2, 0.25) is 0 Å². The van der Waals surface area contributed by atoms with Gasteiger partial charge in [-0.2, -0.15) is 0 Å². The summed E-state index contributed by atoms with van der Waals surface area (Å²) in [5.41, 5.74) is 10.1. The predicted molar refractivity (Wildman–Crippen MR) is 66.7 cm³/mol. The molecule has 0 aromatic carbocycles. The molecular formula is C8H19N3OS2. The molecule has 6 heteroatoms. The Hall–Kier alpha value is 0.120. The third kappa shape index (κ3) is 10.2. The first-order valence-electron chi connectivity index (χ1n) is 4.65. The van der Waals surface area contributed by atoms with Gasteiger partial charge in [-0.1, -0.05) is 12.2 Å². The molecule has 0 spiro atoms. The summed E-state index contributed by atoms with van der Waals surface area (Å²) in [6, 6.07) is 0. The van der Waals surface area contributed by atoms with Crippen LogP contribution in [-0.4, -0.2) is 48.6 Å². The number of ether oxygens (including phenoxy) is 1. The second kappa shape index (κ2) is 9.67. The van der Waals surface area contributed by atoms with Crippen LogP contribution in [0.25, 0.3) is 0 Å². The van der Waals surface area contributed by atoms with E-state index in [0.717, 1.165) is 45.8 Å². The van der Waals surface area contributed by atoms with Gasteiger partial charge < -0.3 is 16.2 Å². The third-order valence-corrected chi connectivity index (χ3v) is 1.78. The number of thiocarbonyl (C=S) groups is 1. The van der Waals surface area contributed by atoms with Gasteiger partial charge in [0.15, 0.2) is 0 Å². The first-order valence-corrected chi connectivity index (χ1v) is 5.51. The Balaban J connectivity index is 0.000000364. The molecule has 4 N–H and O–H groups in total. The number of rotatable bonds is 3. The van der Waals surface area contributed by atoms with Crippen molar-refractivity contribution in [1.82, 2.24) is 4.90 Å². The minimum atomic E-state index is 0.194. The molecule has 14 heavy (non-hydrogen) atoms. The number of nitrogens with zero attached hydrogens (tertiary/aromatic N) is 1. The molecule has 0 saturated carbocycles. The van der Waals surface area contributed by atoms with Crippen LogP contribution in [0.15, 0.2) is 0 Å². The van der Waals surface area contributed by atoms with Crippen LogP contribution in [0.5, 0.6) is 0 Å². The molecule has 0 aromatic rings. The van der Waals surface area contributed by atoms with Crippen LogP contribution < -0.4 is 11.5 Å². The summed E-state index contributed by atoms with van der Waals surface area (Å²) in [4.78, 5) is 2.40. The average Bonchev–Trinajstić information content (AvgIpc) is 2.15. The molecule has 0 amide bonds. The summed E-state index contributed by atoms with van der Waals surface area (Å²) >= 11 is 7.65. The van der Waals surface area contributed by atoms with Crippen molar-refractivity contribution in [3.8, 4) is 0 Å². The molecule has 0 radical (unpaired) electrons. The monoisotopic (exact) mass is 237 g/mol. The molecule has 0 aliphatic carbocycles. The van der Waals surface area contributed by atoms with Crippen LogP contribution in [0.3, 0.4) is 0 Å². The van der Waals surface area contributed by atoms with Gasteiger partial charge in [-0.15, -0.1) is 12.6 Å². The Bertz CT molecular complexity index is 148. The van der Waals surface area contributed by atoms with E-state index in [2.05, 4.69) is 29.7 Å². The molecule has 1 fully saturated rings. The van der Waals surface area contributed by atoms with Crippen LogP contribution in [0.4, 0.5) is 0 Å². The number of thiol groups is 1. The van der Waals surface area contributed by atoms with E-state index < -0.39 is 0 Å². The summed E-state index contributed by atoms with van der Waals surface area (Å²) in [7, 11) is 0. The summed E-state index contributed by atoms with van der Waals surface area (Å²) < 4.78 is 5.40. The van der Waals surface area contributed by atoms with E-state index in [1.165, 1.54) is 0 Å². The average molecular weight is 237 g/mol. The minimum Gasteiger partial charge on any atom is -0.385 e. The zero-order chi connectivity index (χ0) is 10.8. The van der Waals surface area contributed by atoms with Crippen molar-refractivity contribution < 1.29 is 4.74 Å². The fourth-order valence-corrected chi connectivity index (χ4v) is 1.14. The second-order valence-corrected chi connectivity index (χ2v) is 4.16. The molecule has 0 atom stereocenters. The van der Waals surface area contributed by atoms with E-state index in [-0.39, 0.29) is 4.32 Å². The van der Waals surface area contributed by atoms with Gasteiger partial charge in [0.2, 0.25) is 0 Å². The SMILES string of the molecule is NC(=S)S.NCCCN1CCOCC1. The standard InChI is InChI=1S/C7H16N2O.CH3NS2/c8-2-1-3-9-4-6-10-7-5-9;2-1(3)4/h1-8H2;(H3,2,3,4). The van der Waals surface area contributed by atoms with E-state index in [1.807, 2.05) is 0 Å². The van der Waals surface area contributed by atoms with Crippen molar-refractivity contribution in [2.75, 3.05) is 39.4 Å². The van der Waals surface area contributed by atoms with Gasteiger partial charge in [-0.05, 0) is 19.5 Å². The van der Waals surface area contributed by atoms with Crippen molar-refractivity contribution >= 4 is 29.2 Å². The molecule has 1 aliphatic heterocycles. The van der Waals surface area contributed by atoms with E-state index in [4.69, 9.17) is 16.2 Å². The third-order valence-electron chi connectivity index (χ3n) is 1.78. The van der Waals surface area contributed by atoms with Crippen molar-refractivity contribution in [2.45, 2.75) is 6.42 Å². The molecule has 0 bridgehead atoms. The van der Waals surface area contributed by atoms with E-state index in [1.54, 1.807) is 0 Å².